The van der Waals surface area contributed by atoms with Crippen molar-refractivity contribution in [2.75, 3.05) is 12.4 Å². The highest BCUT2D eigenvalue weighted by Gasteiger charge is 2.24. The summed E-state index contributed by atoms with van der Waals surface area (Å²) in [5.41, 5.74) is 2.15. The number of carbonyl (C=O) groups excluding carboxylic acids is 2. The van der Waals surface area contributed by atoms with Gasteiger partial charge in [-0.1, -0.05) is 12.1 Å². The van der Waals surface area contributed by atoms with Crippen LogP contribution in [0.5, 0.6) is 5.75 Å². The standard InChI is InChI=1S/C18H18N2O3S/c1-11-17(22)19-15-9-13(5-8-16(15)24-11)18(23)20(2)10-12-3-6-14(21)7-4-12/h3-9,11,21H,10H2,1-2H3,(H,19,22). The average Bonchev–Trinajstić information content (AvgIpc) is 2.57. The molecule has 2 N–H and O–H groups in total. The highest BCUT2D eigenvalue weighted by molar-refractivity contribution is 8.00. The number of rotatable bonds is 3. The molecular weight excluding hydrogens is 324 g/mol. The first-order chi connectivity index (χ1) is 11.4. The van der Waals surface area contributed by atoms with Gasteiger partial charge in [0.15, 0.2) is 0 Å². The molecule has 1 atom stereocenters. The fourth-order valence-corrected chi connectivity index (χ4v) is 3.44. The van der Waals surface area contributed by atoms with Crippen LogP contribution >= 0.6 is 11.8 Å². The van der Waals surface area contributed by atoms with Crippen molar-refractivity contribution in [1.82, 2.24) is 4.90 Å². The predicted octanol–water partition coefficient (Wildman–Crippen LogP) is 3.10. The molecule has 0 fully saturated rings. The van der Waals surface area contributed by atoms with Crippen LogP contribution in [0.15, 0.2) is 47.4 Å². The van der Waals surface area contributed by atoms with Gasteiger partial charge in [0.25, 0.3) is 5.91 Å². The van der Waals surface area contributed by atoms with E-state index in [-0.39, 0.29) is 22.8 Å². The van der Waals surface area contributed by atoms with Crippen molar-refractivity contribution in [2.24, 2.45) is 0 Å². The Balaban J connectivity index is 1.76. The van der Waals surface area contributed by atoms with Gasteiger partial charge in [0.1, 0.15) is 5.75 Å². The fraction of sp³-hybridized carbons (Fsp3) is 0.222. The summed E-state index contributed by atoms with van der Waals surface area (Å²) in [4.78, 5) is 27.0. The second kappa shape index (κ2) is 6.57. The first-order valence-electron chi connectivity index (χ1n) is 7.59. The van der Waals surface area contributed by atoms with Gasteiger partial charge < -0.3 is 15.3 Å². The molecule has 1 aliphatic rings. The summed E-state index contributed by atoms with van der Waals surface area (Å²) in [5, 5.41) is 12.0. The molecule has 124 valence electrons. The van der Waals surface area contributed by atoms with E-state index < -0.39 is 0 Å². The van der Waals surface area contributed by atoms with E-state index in [0.29, 0.717) is 17.8 Å². The molecule has 6 heteroatoms. The molecule has 2 amide bonds. The number of anilines is 1. The second-order valence-electron chi connectivity index (χ2n) is 5.79. The molecule has 0 saturated heterocycles. The zero-order valence-corrected chi connectivity index (χ0v) is 14.3. The average molecular weight is 342 g/mol. The van der Waals surface area contributed by atoms with Crippen LogP contribution in [0.1, 0.15) is 22.8 Å². The molecule has 0 aromatic heterocycles. The number of amides is 2. The number of phenolic OH excluding ortho intramolecular Hbond substituents is 1. The lowest BCUT2D eigenvalue weighted by Crippen LogP contribution is -2.28. The van der Waals surface area contributed by atoms with Gasteiger partial charge in [-0.25, -0.2) is 0 Å². The minimum absolute atomic E-state index is 0.0467. The van der Waals surface area contributed by atoms with Crippen molar-refractivity contribution in [1.29, 1.82) is 0 Å². The van der Waals surface area contributed by atoms with Crippen molar-refractivity contribution in [3.63, 3.8) is 0 Å². The number of nitrogens with one attached hydrogen (secondary N) is 1. The highest BCUT2D eigenvalue weighted by atomic mass is 32.2. The van der Waals surface area contributed by atoms with E-state index in [9.17, 15) is 14.7 Å². The van der Waals surface area contributed by atoms with Crippen LogP contribution in [0.4, 0.5) is 5.69 Å². The van der Waals surface area contributed by atoms with Crippen molar-refractivity contribution in [3.05, 3.63) is 53.6 Å². The summed E-state index contributed by atoms with van der Waals surface area (Å²) in [6.45, 7) is 2.29. The number of hydrogen-bond donors (Lipinski definition) is 2. The van der Waals surface area contributed by atoms with Gasteiger partial charge in [-0.2, -0.15) is 0 Å². The first-order valence-corrected chi connectivity index (χ1v) is 8.47. The molecule has 0 saturated carbocycles. The van der Waals surface area contributed by atoms with Crippen molar-refractivity contribution in [3.8, 4) is 5.75 Å². The predicted molar refractivity (Wildman–Crippen MR) is 94.3 cm³/mol. The van der Waals surface area contributed by atoms with Gasteiger partial charge in [-0.15, -0.1) is 11.8 Å². The molecule has 0 spiro atoms. The Hall–Kier alpha value is -2.47. The maximum Gasteiger partial charge on any atom is 0.253 e. The number of benzene rings is 2. The Labute approximate surface area is 144 Å². The van der Waals surface area contributed by atoms with Crippen LogP contribution in [0.25, 0.3) is 0 Å². The van der Waals surface area contributed by atoms with E-state index in [2.05, 4.69) is 5.32 Å². The molecule has 1 heterocycles. The molecule has 24 heavy (non-hydrogen) atoms. The van der Waals surface area contributed by atoms with Crippen LogP contribution in [0.2, 0.25) is 0 Å². The molecule has 1 aliphatic heterocycles. The largest absolute Gasteiger partial charge is 0.508 e. The molecule has 3 rings (SSSR count). The third-order valence-electron chi connectivity index (χ3n) is 3.86. The van der Waals surface area contributed by atoms with E-state index in [1.165, 1.54) is 11.8 Å². The fourth-order valence-electron chi connectivity index (χ4n) is 2.51. The smallest absolute Gasteiger partial charge is 0.253 e. The number of aromatic hydroxyl groups is 1. The summed E-state index contributed by atoms with van der Waals surface area (Å²) < 4.78 is 0. The SMILES string of the molecule is CC1Sc2ccc(C(=O)N(C)Cc3ccc(O)cc3)cc2NC1=O. The van der Waals surface area contributed by atoms with Gasteiger partial charge in [0.05, 0.1) is 10.9 Å². The molecule has 0 bridgehead atoms. The minimum Gasteiger partial charge on any atom is -0.508 e. The summed E-state index contributed by atoms with van der Waals surface area (Å²) in [5.74, 6) is 0.0307. The van der Waals surface area contributed by atoms with Gasteiger partial charge in [0, 0.05) is 24.1 Å². The van der Waals surface area contributed by atoms with Crippen molar-refractivity contribution < 1.29 is 14.7 Å². The molecule has 0 radical (unpaired) electrons. The van der Waals surface area contributed by atoms with E-state index in [0.717, 1.165) is 10.5 Å². The maximum absolute atomic E-state index is 12.6. The Morgan fingerprint density at radius 3 is 2.67 bits per heavy atom. The second-order valence-corrected chi connectivity index (χ2v) is 7.17. The number of thioether (sulfide) groups is 1. The van der Waals surface area contributed by atoms with E-state index in [1.807, 2.05) is 13.0 Å². The van der Waals surface area contributed by atoms with Crippen molar-refractivity contribution >= 4 is 29.3 Å². The quantitative estimate of drug-likeness (QED) is 0.899. The Morgan fingerprint density at radius 1 is 1.25 bits per heavy atom. The molecule has 2 aromatic carbocycles. The van der Waals surface area contributed by atoms with Crippen molar-refractivity contribution in [2.45, 2.75) is 23.6 Å². The first kappa shape index (κ1) is 16.4. The molecule has 1 unspecified atom stereocenters. The Morgan fingerprint density at radius 2 is 1.96 bits per heavy atom. The van der Waals surface area contributed by atoms with Crippen LogP contribution in [0, 0.1) is 0 Å². The van der Waals surface area contributed by atoms with Gasteiger partial charge in [0.2, 0.25) is 5.91 Å². The summed E-state index contributed by atoms with van der Waals surface area (Å²) >= 11 is 1.49. The monoisotopic (exact) mass is 342 g/mol. The number of phenols is 1. The highest BCUT2D eigenvalue weighted by Crippen LogP contribution is 2.36. The summed E-state index contributed by atoms with van der Waals surface area (Å²) in [7, 11) is 1.73. The lowest BCUT2D eigenvalue weighted by atomic mass is 10.1. The van der Waals surface area contributed by atoms with Crippen LogP contribution in [-0.4, -0.2) is 34.1 Å². The van der Waals surface area contributed by atoms with Gasteiger partial charge in [-0.05, 0) is 42.8 Å². The lowest BCUT2D eigenvalue weighted by Gasteiger charge is -2.23. The summed E-state index contributed by atoms with van der Waals surface area (Å²) in [6, 6.07) is 12.1. The topological polar surface area (TPSA) is 69.6 Å². The number of carbonyl (C=O) groups is 2. The number of fused-ring (bicyclic) bond motifs is 1. The zero-order chi connectivity index (χ0) is 17.3. The Kier molecular flexibility index (Phi) is 4.49. The molecule has 5 nitrogen and oxygen atoms in total. The Bertz CT molecular complexity index is 789. The van der Waals surface area contributed by atoms with E-state index >= 15 is 0 Å². The zero-order valence-electron chi connectivity index (χ0n) is 13.4. The van der Waals surface area contributed by atoms with Crippen LogP contribution in [-0.2, 0) is 11.3 Å². The van der Waals surface area contributed by atoms with E-state index in [4.69, 9.17) is 0 Å². The molecule has 2 aromatic rings. The maximum atomic E-state index is 12.6. The minimum atomic E-state index is -0.128. The third-order valence-corrected chi connectivity index (χ3v) is 5.04. The van der Waals surface area contributed by atoms with E-state index in [1.54, 1.807) is 48.3 Å². The summed E-state index contributed by atoms with van der Waals surface area (Å²) in [6.07, 6.45) is 0. The number of nitrogens with zero attached hydrogens (tertiary/aromatic N) is 1. The molecule has 0 aliphatic carbocycles. The molecular formula is C18H18N2O3S. The van der Waals surface area contributed by atoms with Gasteiger partial charge in [-0.3, -0.25) is 9.59 Å². The lowest BCUT2D eigenvalue weighted by molar-refractivity contribution is -0.115. The normalized spacial score (nSPS) is 16.2. The third kappa shape index (κ3) is 3.38. The van der Waals surface area contributed by atoms with Gasteiger partial charge >= 0.3 is 0 Å². The van der Waals surface area contributed by atoms with Crippen LogP contribution < -0.4 is 5.32 Å². The number of hydrogen-bond acceptors (Lipinski definition) is 4. The van der Waals surface area contributed by atoms with Crippen LogP contribution in [0.3, 0.4) is 0 Å².